The molecule has 1 saturated heterocycles. The van der Waals surface area contributed by atoms with E-state index in [1.807, 2.05) is 32.9 Å². The Kier molecular flexibility index (Phi) is 4.83. The van der Waals surface area contributed by atoms with Crippen LogP contribution in [0.25, 0.3) is 0 Å². The Hall–Kier alpha value is -0.910. The van der Waals surface area contributed by atoms with Crippen LogP contribution in [-0.4, -0.2) is 41.3 Å². The van der Waals surface area contributed by atoms with Gasteiger partial charge in [0.1, 0.15) is 18.3 Å². The van der Waals surface area contributed by atoms with E-state index >= 15 is 0 Å². The van der Waals surface area contributed by atoms with Gasteiger partial charge in [-0.3, -0.25) is 0 Å². The predicted molar refractivity (Wildman–Crippen MR) is 73.0 cm³/mol. The molecule has 0 aromatic heterocycles. The smallest absolute Gasteiger partial charge is 0.335 e. The lowest BCUT2D eigenvalue weighted by atomic mass is 10.0. The van der Waals surface area contributed by atoms with Crippen molar-refractivity contribution in [3.63, 3.8) is 0 Å². The maximum Gasteiger partial charge on any atom is 0.335 e. The maximum atomic E-state index is 11.9. The second-order valence-electron chi connectivity index (χ2n) is 5.85. The summed E-state index contributed by atoms with van der Waals surface area (Å²) in [6.07, 6.45) is 4.43. The van der Waals surface area contributed by atoms with Crippen molar-refractivity contribution in [1.82, 2.24) is 0 Å². The number of aliphatic hydroxyl groups excluding tert-OH is 1. The molecule has 2 heterocycles. The zero-order chi connectivity index (χ0) is 14.8. The lowest BCUT2D eigenvalue weighted by Crippen LogP contribution is -2.40. The molecule has 2 aliphatic rings. The van der Waals surface area contributed by atoms with Gasteiger partial charge in [-0.05, 0) is 33.1 Å². The van der Waals surface area contributed by atoms with Crippen LogP contribution in [0.2, 0.25) is 0 Å². The van der Waals surface area contributed by atoms with Gasteiger partial charge in [0.15, 0.2) is 11.9 Å². The monoisotopic (exact) mass is 284 g/mol. The van der Waals surface area contributed by atoms with Crippen LogP contribution in [0.4, 0.5) is 0 Å². The normalized spacial score (nSPS) is 38.9. The molecule has 0 unspecified atom stereocenters. The fraction of sp³-hybridized carbons (Fsp3) is 0.800. The predicted octanol–water partition coefficient (Wildman–Crippen LogP) is 1.93. The number of ether oxygens (including phenoxy) is 3. The molecule has 114 valence electrons. The minimum absolute atomic E-state index is 0.218. The Morgan fingerprint density at radius 2 is 2.15 bits per heavy atom. The van der Waals surface area contributed by atoms with Crippen molar-refractivity contribution in [1.29, 1.82) is 0 Å². The highest BCUT2D eigenvalue weighted by molar-refractivity contribution is 5.74. The van der Waals surface area contributed by atoms with Gasteiger partial charge in [-0.15, -0.1) is 0 Å². The van der Waals surface area contributed by atoms with E-state index < -0.39 is 24.0 Å². The number of hydrogen-bond acceptors (Lipinski definition) is 5. The zero-order valence-electron chi connectivity index (χ0n) is 12.4. The minimum atomic E-state index is -1.06. The van der Waals surface area contributed by atoms with Crippen LogP contribution in [0.5, 0.6) is 0 Å². The first-order valence-electron chi connectivity index (χ1n) is 7.34. The third-order valence-electron chi connectivity index (χ3n) is 3.58. The number of rotatable bonds is 2. The molecule has 0 saturated carbocycles. The summed E-state index contributed by atoms with van der Waals surface area (Å²) >= 11 is 0. The molecule has 0 radical (unpaired) electrons. The first kappa shape index (κ1) is 15.5. The molecule has 1 fully saturated rings. The van der Waals surface area contributed by atoms with Crippen molar-refractivity contribution in [3.05, 3.63) is 12.2 Å². The molecule has 2 aliphatic heterocycles. The second kappa shape index (κ2) is 6.24. The number of hydrogen-bond donors (Lipinski definition) is 1. The van der Waals surface area contributed by atoms with Gasteiger partial charge in [0.25, 0.3) is 0 Å². The van der Waals surface area contributed by atoms with Crippen LogP contribution in [0.3, 0.4) is 0 Å². The average Bonchev–Trinajstić information content (AvgIpc) is 2.68. The molecule has 5 nitrogen and oxygen atoms in total. The lowest BCUT2D eigenvalue weighted by molar-refractivity contribution is -0.177. The summed E-state index contributed by atoms with van der Waals surface area (Å²) in [5.41, 5.74) is 0. The van der Waals surface area contributed by atoms with Crippen LogP contribution in [0.15, 0.2) is 12.2 Å². The molecule has 2 rings (SSSR count). The molecule has 4 atom stereocenters. The topological polar surface area (TPSA) is 65.0 Å². The van der Waals surface area contributed by atoms with Crippen molar-refractivity contribution < 1.29 is 24.1 Å². The van der Waals surface area contributed by atoms with Crippen LogP contribution >= 0.6 is 0 Å². The first-order chi connectivity index (χ1) is 9.43. The maximum absolute atomic E-state index is 11.9. The SMILES string of the molecule is CCC[C@H]1OC(=O)[C@H](O)CC/C=C/[C@@H]2OC(C)(C)O[C@@H]21. The summed E-state index contributed by atoms with van der Waals surface area (Å²) < 4.78 is 17.2. The van der Waals surface area contributed by atoms with Gasteiger partial charge < -0.3 is 19.3 Å². The summed E-state index contributed by atoms with van der Waals surface area (Å²) in [6, 6.07) is 0. The standard InChI is InChI=1S/C15H24O5/c1-4-7-11-13-12(19-15(2,3)20-13)9-6-5-8-10(16)14(17)18-11/h6,9-13,16H,4-5,7-8H2,1-3H3/b9-6+/t10-,11-,12+,13-/m1/s1. The second-order valence-corrected chi connectivity index (χ2v) is 5.85. The van der Waals surface area contributed by atoms with E-state index in [0.29, 0.717) is 19.3 Å². The highest BCUT2D eigenvalue weighted by atomic mass is 16.8. The molecule has 0 aromatic rings. The van der Waals surface area contributed by atoms with E-state index in [-0.39, 0.29) is 12.2 Å². The summed E-state index contributed by atoms with van der Waals surface area (Å²) in [5.74, 6) is -1.25. The molecular weight excluding hydrogens is 260 g/mol. The number of cyclic esters (lactones) is 1. The summed E-state index contributed by atoms with van der Waals surface area (Å²) in [5, 5.41) is 9.75. The molecule has 0 spiro atoms. The van der Waals surface area contributed by atoms with Crippen molar-refractivity contribution in [3.8, 4) is 0 Å². The van der Waals surface area contributed by atoms with Gasteiger partial charge in [0.2, 0.25) is 0 Å². The minimum Gasteiger partial charge on any atom is -0.458 e. The molecule has 1 N–H and O–H groups in total. The summed E-state index contributed by atoms with van der Waals surface area (Å²) in [6.45, 7) is 5.73. The number of carbonyl (C=O) groups is 1. The molecule has 0 aromatic carbocycles. The van der Waals surface area contributed by atoms with Gasteiger partial charge in [-0.2, -0.15) is 0 Å². The molecule has 5 heteroatoms. The number of allylic oxidation sites excluding steroid dienone is 1. The van der Waals surface area contributed by atoms with Gasteiger partial charge in [0, 0.05) is 0 Å². The molecule has 0 aliphatic carbocycles. The quantitative estimate of drug-likeness (QED) is 0.620. The highest BCUT2D eigenvalue weighted by Gasteiger charge is 2.45. The summed E-state index contributed by atoms with van der Waals surface area (Å²) in [4.78, 5) is 11.9. The fourth-order valence-corrected chi connectivity index (χ4v) is 2.66. The fourth-order valence-electron chi connectivity index (χ4n) is 2.66. The molecule has 0 bridgehead atoms. The lowest BCUT2D eigenvalue weighted by Gasteiger charge is -2.27. The average molecular weight is 284 g/mol. The molecule has 20 heavy (non-hydrogen) atoms. The van der Waals surface area contributed by atoms with Crippen LogP contribution < -0.4 is 0 Å². The van der Waals surface area contributed by atoms with Crippen LogP contribution in [-0.2, 0) is 19.0 Å². The van der Waals surface area contributed by atoms with Gasteiger partial charge in [0.05, 0.1) is 0 Å². The van der Waals surface area contributed by atoms with E-state index in [4.69, 9.17) is 14.2 Å². The van der Waals surface area contributed by atoms with Crippen molar-refractivity contribution in [2.24, 2.45) is 0 Å². The Balaban J connectivity index is 2.22. The Morgan fingerprint density at radius 1 is 1.40 bits per heavy atom. The van der Waals surface area contributed by atoms with Gasteiger partial charge in [-0.25, -0.2) is 4.79 Å². The summed E-state index contributed by atoms with van der Waals surface area (Å²) in [7, 11) is 0. The molecule has 0 amide bonds. The van der Waals surface area contributed by atoms with E-state index in [2.05, 4.69) is 0 Å². The third kappa shape index (κ3) is 3.59. The number of carbonyl (C=O) groups excluding carboxylic acids is 1. The highest BCUT2D eigenvalue weighted by Crippen LogP contribution is 2.33. The van der Waals surface area contributed by atoms with Crippen LogP contribution in [0.1, 0.15) is 46.5 Å². The number of esters is 1. The first-order valence-corrected chi connectivity index (χ1v) is 7.34. The van der Waals surface area contributed by atoms with E-state index in [1.54, 1.807) is 0 Å². The van der Waals surface area contributed by atoms with E-state index in [0.717, 1.165) is 6.42 Å². The number of fused-ring (bicyclic) bond motifs is 1. The Morgan fingerprint density at radius 3 is 2.85 bits per heavy atom. The van der Waals surface area contributed by atoms with Crippen molar-refractivity contribution >= 4 is 5.97 Å². The van der Waals surface area contributed by atoms with Gasteiger partial charge >= 0.3 is 5.97 Å². The van der Waals surface area contributed by atoms with Crippen LogP contribution in [0, 0.1) is 0 Å². The zero-order valence-corrected chi connectivity index (χ0v) is 12.4. The van der Waals surface area contributed by atoms with Crippen molar-refractivity contribution in [2.45, 2.75) is 76.7 Å². The largest absolute Gasteiger partial charge is 0.458 e. The van der Waals surface area contributed by atoms with E-state index in [1.165, 1.54) is 0 Å². The van der Waals surface area contributed by atoms with E-state index in [9.17, 15) is 9.90 Å². The Labute approximate surface area is 119 Å². The number of aliphatic hydroxyl groups is 1. The molecular formula is C15H24O5. The van der Waals surface area contributed by atoms with Crippen molar-refractivity contribution in [2.75, 3.05) is 0 Å². The third-order valence-corrected chi connectivity index (χ3v) is 3.58. The Bertz CT molecular complexity index is 376. The van der Waals surface area contributed by atoms with Gasteiger partial charge in [-0.1, -0.05) is 25.5 Å².